The number of alkyl halides is 3. The number of likely N-dealkylation sites (tertiary alicyclic amines) is 1. The van der Waals surface area contributed by atoms with E-state index in [4.69, 9.17) is 0 Å². The van der Waals surface area contributed by atoms with Gasteiger partial charge < -0.3 is 10.0 Å². The van der Waals surface area contributed by atoms with Crippen LogP contribution in [0.3, 0.4) is 0 Å². The van der Waals surface area contributed by atoms with Crippen LogP contribution < -0.4 is 4.90 Å². The Bertz CT molecular complexity index is 393. The molecule has 1 aromatic carbocycles. The molecule has 0 spiro atoms. The molecular formula is C14H19F3NO+. The van der Waals surface area contributed by atoms with Crippen LogP contribution in [0.4, 0.5) is 13.2 Å². The molecule has 19 heavy (non-hydrogen) atoms. The molecule has 1 aliphatic rings. The van der Waals surface area contributed by atoms with Crippen molar-refractivity contribution in [1.29, 1.82) is 0 Å². The summed E-state index contributed by atoms with van der Waals surface area (Å²) in [5.74, 6) is -1.22. The predicted octanol–water partition coefficient (Wildman–Crippen LogP) is 1.58. The molecule has 3 atom stereocenters. The summed E-state index contributed by atoms with van der Waals surface area (Å²) in [4.78, 5) is 0.838. The van der Waals surface area contributed by atoms with Crippen LogP contribution in [0.1, 0.15) is 24.5 Å². The Labute approximate surface area is 110 Å². The van der Waals surface area contributed by atoms with Crippen LogP contribution >= 0.6 is 0 Å². The first-order valence-corrected chi connectivity index (χ1v) is 6.60. The lowest BCUT2D eigenvalue weighted by Crippen LogP contribution is -3.14. The van der Waals surface area contributed by atoms with Crippen LogP contribution in [0.15, 0.2) is 30.3 Å². The van der Waals surface area contributed by atoms with Crippen LogP contribution in [-0.4, -0.2) is 30.9 Å². The minimum absolute atomic E-state index is 0.0768. The second-order valence-corrected chi connectivity index (χ2v) is 5.22. The second-order valence-electron chi connectivity index (χ2n) is 5.22. The summed E-state index contributed by atoms with van der Waals surface area (Å²) in [6.45, 7) is 1.13. The van der Waals surface area contributed by atoms with Gasteiger partial charge in [-0.25, -0.2) is 0 Å². The highest BCUT2D eigenvalue weighted by atomic mass is 19.4. The van der Waals surface area contributed by atoms with Gasteiger partial charge in [-0.15, -0.1) is 0 Å². The molecule has 1 fully saturated rings. The van der Waals surface area contributed by atoms with Gasteiger partial charge in [-0.05, 0) is 18.4 Å². The summed E-state index contributed by atoms with van der Waals surface area (Å²) in [5, 5.41) is 10.1. The lowest BCUT2D eigenvalue weighted by atomic mass is 9.97. The highest BCUT2D eigenvalue weighted by molar-refractivity contribution is 5.17. The van der Waals surface area contributed by atoms with E-state index in [1.165, 1.54) is 0 Å². The molecule has 2 rings (SSSR count). The lowest BCUT2D eigenvalue weighted by Gasteiger charge is -2.32. The molecule has 0 aliphatic carbocycles. The van der Waals surface area contributed by atoms with E-state index in [0.29, 0.717) is 19.5 Å². The molecule has 0 aromatic heterocycles. The monoisotopic (exact) mass is 274 g/mol. The van der Waals surface area contributed by atoms with E-state index in [0.717, 1.165) is 10.5 Å². The maximum atomic E-state index is 12.7. The SMILES string of the molecule is O[C@H](C[NH+]1CCC[C@H](C(F)(F)F)C1)c1ccccc1. The minimum Gasteiger partial charge on any atom is -0.382 e. The van der Waals surface area contributed by atoms with Crippen molar-refractivity contribution in [1.82, 2.24) is 0 Å². The van der Waals surface area contributed by atoms with Crippen molar-refractivity contribution in [2.75, 3.05) is 19.6 Å². The summed E-state index contributed by atoms with van der Waals surface area (Å²) < 4.78 is 38.1. The molecule has 1 unspecified atom stereocenters. The Hall–Kier alpha value is -1.07. The Balaban J connectivity index is 1.92. The van der Waals surface area contributed by atoms with Gasteiger partial charge in [0.2, 0.25) is 0 Å². The van der Waals surface area contributed by atoms with Crippen LogP contribution in [0.5, 0.6) is 0 Å². The fourth-order valence-electron chi connectivity index (χ4n) is 2.68. The highest BCUT2D eigenvalue weighted by Gasteiger charge is 2.44. The van der Waals surface area contributed by atoms with Gasteiger partial charge in [0.05, 0.1) is 13.1 Å². The van der Waals surface area contributed by atoms with Crippen molar-refractivity contribution < 1.29 is 23.2 Å². The molecule has 2 N–H and O–H groups in total. The first-order valence-electron chi connectivity index (χ1n) is 6.60. The standard InChI is InChI=1S/C14H18F3NO/c15-14(16,17)12-7-4-8-18(9-12)10-13(19)11-5-2-1-3-6-11/h1-3,5-6,12-13,19H,4,7-10H2/p+1/t12-,13+/m0/s1. The molecule has 5 heteroatoms. The molecular weight excluding hydrogens is 255 g/mol. The van der Waals surface area contributed by atoms with Crippen LogP contribution in [-0.2, 0) is 0 Å². The zero-order valence-corrected chi connectivity index (χ0v) is 10.7. The zero-order chi connectivity index (χ0) is 13.9. The molecule has 0 bridgehead atoms. The topological polar surface area (TPSA) is 24.7 Å². The molecule has 1 saturated heterocycles. The average molecular weight is 274 g/mol. The maximum absolute atomic E-state index is 12.7. The quantitative estimate of drug-likeness (QED) is 0.859. The maximum Gasteiger partial charge on any atom is 0.397 e. The van der Waals surface area contributed by atoms with Gasteiger partial charge in [-0.3, -0.25) is 0 Å². The van der Waals surface area contributed by atoms with E-state index < -0.39 is 18.2 Å². The fraction of sp³-hybridized carbons (Fsp3) is 0.571. The van der Waals surface area contributed by atoms with E-state index in [-0.39, 0.29) is 13.0 Å². The normalized spacial score (nSPS) is 26.1. The fourth-order valence-corrected chi connectivity index (χ4v) is 2.68. The number of benzene rings is 1. The lowest BCUT2D eigenvalue weighted by molar-refractivity contribution is -0.914. The van der Waals surface area contributed by atoms with Crippen molar-refractivity contribution in [2.24, 2.45) is 5.92 Å². The minimum atomic E-state index is -4.11. The summed E-state index contributed by atoms with van der Waals surface area (Å²) in [6, 6.07) is 9.10. The van der Waals surface area contributed by atoms with Gasteiger partial charge in [0.25, 0.3) is 0 Å². The Kier molecular flexibility index (Phi) is 4.47. The molecule has 1 heterocycles. The highest BCUT2D eigenvalue weighted by Crippen LogP contribution is 2.29. The van der Waals surface area contributed by atoms with Crippen LogP contribution in [0.25, 0.3) is 0 Å². The van der Waals surface area contributed by atoms with E-state index in [1.54, 1.807) is 12.1 Å². The van der Waals surface area contributed by atoms with E-state index >= 15 is 0 Å². The molecule has 2 nitrogen and oxygen atoms in total. The van der Waals surface area contributed by atoms with Crippen molar-refractivity contribution in [3.8, 4) is 0 Å². The molecule has 1 aromatic rings. The Morgan fingerprint density at radius 3 is 2.58 bits per heavy atom. The van der Waals surface area contributed by atoms with Crippen molar-refractivity contribution in [3.63, 3.8) is 0 Å². The van der Waals surface area contributed by atoms with Gasteiger partial charge in [0, 0.05) is 0 Å². The third-order valence-electron chi connectivity index (χ3n) is 3.75. The molecule has 0 amide bonds. The predicted molar refractivity (Wildman–Crippen MR) is 65.7 cm³/mol. The summed E-state index contributed by atoms with van der Waals surface area (Å²) in [7, 11) is 0. The van der Waals surface area contributed by atoms with E-state index in [1.807, 2.05) is 18.2 Å². The van der Waals surface area contributed by atoms with Crippen molar-refractivity contribution in [2.45, 2.75) is 25.1 Å². The van der Waals surface area contributed by atoms with Gasteiger partial charge in [-0.1, -0.05) is 30.3 Å². The summed E-state index contributed by atoms with van der Waals surface area (Å²) in [5.41, 5.74) is 0.768. The largest absolute Gasteiger partial charge is 0.397 e. The van der Waals surface area contributed by atoms with Crippen LogP contribution in [0.2, 0.25) is 0 Å². The van der Waals surface area contributed by atoms with Gasteiger partial charge in [0.1, 0.15) is 18.6 Å². The number of halogens is 3. The average Bonchev–Trinajstić information content (AvgIpc) is 2.39. The third kappa shape index (κ3) is 3.94. The van der Waals surface area contributed by atoms with Crippen molar-refractivity contribution >= 4 is 0 Å². The van der Waals surface area contributed by atoms with E-state index in [9.17, 15) is 18.3 Å². The Morgan fingerprint density at radius 2 is 1.95 bits per heavy atom. The molecule has 1 aliphatic heterocycles. The number of rotatable bonds is 3. The summed E-state index contributed by atoms with van der Waals surface area (Å²) in [6.07, 6.45) is -4.01. The van der Waals surface area contributed by atoms with E-state index in [2.05, 4.69) is 0 Å². The number of quaternary nitrogens is 1. The number of aliphatic hydroxyl groups excluding tert-OH is 1. The van der Waals surface area contributed by atoms with Gasteiger partial charge in [-0.2, -0.15) is 13.2 Å². The number of hydrogen-bond donors (Lipinski definition) is 2. The smallest absolute Gasteiger partial charge is 0.382 e. The van der Waals surface area contributed by atoms with Crippen LogP contribution in [0, 0.1) is 5.92 Å². The van der Waals surface area contributed by atoms with Gasteiger partial charge in [0.15, 0.2) is 0 Å². The zero-order valence-electron chi connectivity index (χ0n) is 10.7. The first kappa shape index (κ1) is 14.3. The number of nitrogens with one attached hydrogen (secondary N) is 1. The number of hydrogen-bond acceptors (Lipinski definition) is 1. The second kappa shape index (κ2) is 5.92. The number of aliphatic hydroxyl groups is 1. The number of piperidine rings is 1. The molecule has 0 saturated carbocycles. The Morgan fingerprint density at radius 1 is 1.26 bits per heavy atom. The van der Waals surface area contributed by atoms with Crippen molar-refractivity contribution in [3.05, 3.63) is 35.9 Å². The van der Waals surface area contributed by atoms with Gasteiger partial charge >= 0.3 is 6.18 Å². The molecule has 0 radical (unpaired) electrons. The first-order chi connectivity index (χ1) is 8.97. The summed E-state index contributed by atoms with van der Waals surface area (Å²) >= 11 is 0. The molecule has 106 valence electrons. The third-order valence-corrected chi connectivity index (χ3v) is 3.75.